The van der Waals surface area contributed by atoms with E-state index in [4.69, 9.17) is 0 Å². The third-order valence-corrected chi connectivity index (χ3v) is 3.90. The van der Waals surface area contributed by atoms with Crippen molar-refractivity contribution < 1.29 is 5.11 Å². The van der Waals surface area contributed by atoms with Gasteiger partial charge in [0, 0.05) is 5.25 Å². The maximum absolute atomic E-state index is 9.27. The molecule has 1 N–H and O–H groups in total. The van der Waals surface area contributed by atoms with Gasteiger partial charge in [-0.3, -0.25) is 0 Å². The molecular formula is C15H22OS. The van der Waals surface area contributed by atoms with Gasteiger partial charge >= 0.3 is 0 Å². The predicted octanol–water partition coefficient (Wildman–Crippen LogP) is 3.98. The summed E-state index contributed by atoms with van der Waals surface area (Å²) in [5.41, 5.74) is 1.22. The third-order valence-electron chi connectivity index (χ3n) is 2.56. The van der Waals surface area contributed by atoms with E-state index in [1.807, 2.05) is 30.0 Å². The highest BCUT2D eigenvalue weighted by Crippen LogP contribution is 2.17. The molecule has 1 rings (SSSR count). The summed E-state index contributed by atoms with van der Waals surface area (Å²) in [5.74, 6) is 1.15. The summed E-state index contributed by atoms with van der Waals surface area (Å²) in [4.78, 5) is 0. The molecular weight excluding hydrogens is 228 g/mol. The number of benzene rings is 1. The van der Waals surface area contributed by atoms with Crippen molar-refractivity contribution in [1.82, 2.24) is 0 Å². The molecule has 0 heterocycles. The average molecular weight is 250 g/mol. The first-order valence-electron chi connectivity index (χ1n) is 6.31. The fourth-order valence-electron chi connectivity index (χ4n) is 1.51. The lowest BCUT2D eigenvalue weighted by Gasteiger charge is -2.10. The molecule has 0 aliphatic heterocycles. The van der Waals surface area contributed by atoms with Crippen molar-refractivity contribution in [2.24, 2.45) is 0 Å². The topological polar surface area (TPSA) is 20.2 Å². The van der Waals surface area contributed by atoms with Gasteiger partial charge in [0.15, 0.2) is 0 Å². The molecule has 0 fully saturated rings. The van der Waals surface area contributed by atoms with Crippen LogP contribution >= 0.6 is 11.8 Å². The number of aliphatic hydroxyl groups is 1. The maximum Gasteiger partial charge on any atom is 0.0553 e. The highest BCUT2D eigenvalue weighted by molar-refractivity contribution is 7.99. The Morgan fingerprint density at radius 2 is 2.06 bits per heavy atom. The molecule has 0 spiro atoms. The van der Waals surface area contributed by atoms with Gasteiger partial charge in [-0.05, 0) is 24.2 Å². The Morgan fingerprint density at radius 3 is 2.71 bits per heavy atom. The summed E-state index contributed by atoms with van der Waals surface area (Å²) >= 11 is 1.88. The van der Waals surface area contributed by atoms with E-state index in [0.717, 1.165) is 12.2 Å². The van der Waals surface area contributed by atoms with E-state index < -0.39 is 0 Å². The Balaban J connectivity index is 2.29. The molecule has 0 aliphatic carbocycles. The first-order valence-corrected chi connectivity index (χ1v) is 7.35. The molecule has 0 radical (unpaired) electrons. The van der Waals surface area contributed by atoms with Crippen LogP contribution < -0.4 is 0 Å². The van der Waals surface area contributed by atoms with Crippen molar-refractivity contribution in [1.29, 1.82) is 0 Å². The van der Waals surface area contributed by atoms with Crippen LogP contribution in [0.15, 0.2) is 36.4 Å². The number of thioether (sulfide) groups is 1. The summed E-state index contributed by atoms with van der Waals surface area (Å²) < 4.78 is 0. The zero-order valence-electron chi connectivity index (χ0n) is 10.5. The van der Waals surface area contributed by atoms with E-state index >= 15 is 0 Å². The smallest absolute Gasteiger partial charge is 0.0553 e. The Hall–Kier alpha value is -0.730. The normalized spacial score (nSPS) is 13.1. The maximum atomic E-state index is 9.27. The first-order chi connectivity index (χ1) is 8.36. The quantitative estimate of drug-likeness (QED) is 0.704. The standard InChI is InChI=1S/C15H22OS/c1-2-3-12-17-15(13-16)11-7-10-14-8-5-4-6-9-14/h4-10,15-16H,2-3,11-13H2,1H3/b10-7-. The van der Waals surface area contributed by atoms with Crippen LogP contribution in [0.1, 0.15) is 31.7 Å². The van der Waals surface area contributed by atoms with Crippen LogP contribution in [0.25, 0.3) is 6.08 Å². The highest BCUT2D eigenvalue weighted by atomic mass is 32.2. The van der Waals surface area contributed by atoms with Gasteiger partial charge in [-0.1, -0.05) is 55.8 Å². The molecule has 0 aliphatic rings. The van der Waals surface area contributed by atoms with Crippen LogP contribution in [0.5, 0.6) is 0 Å². The minimum absolute atomic E-state index is 0.271. The Morgan fingerprint density at radius 1 is 1.29 bits per heavy atom. The number of unbranched alkanes of at least 4 members (excludes halogenated alkanes) is 1. The number of hydrogen-bond donors (Lipinski definition) is 1. The fraction of sp³-hybridized carbons (Fsp3) is 0.467. The van der Waals surface area contributed by atoms with Crippen molar-refractivity contribution in [2.45, 2.75) is 31.4 Å². The van der Waals surface area contributed by atoms with Crippen LogP contribution in [-0.4, -0.2) is 22.7 Å². The van der Waals surface area contributed by atoms with Crippen LogP contribution in [0.3, 0.4) is 0 Å². The molecule has 94 valence electrons. The second kappa shape index (κ2) is 9.32. The van der Waals surface area contributed by atoms with Gasteiger partial charge in [0.05, 0.1) is 6.61 Å². The van der Waals surface area contributed by atoms with Crippen LogP contribution in [-0.2, 0) is 0 Å². The van der Waals surface area contributed by atoms with Crippen molar-refractivity contribution in [3.8, 4) is 0 Å². The molecule has 17 heavy (non-hydrogen) atoms. The zero-order chi connectivity index (χ0) is 12.3. The van der Waals surface area contributed by atoms with Crippen LogP contribution in [0.4, 0.5) is 0 Å². The second-order valence-corrected chi connectivity index (χ2v) is 5.49. The summed E-state index contributed by atoms with van der Waals surface area (Å²) in [6.45, 7) is 2.47. The predicted molar refractivity (Wildman–Crippen MR) is 78.3 cm³/mol. The van der Waals surface area contributed by atoms with Gasteiger partial charge in [0.1, 0.15) is 0 Å². The van der Waals surface area contributed by atoms with Crippen molar-refractivity contribution in [3.63, 3.8) is 0 Å². The van der Waals surface area contributed by atoms with Crippen LogP contribution in [0, 0.1) is 0 Å². The summed E-state index contributed by atoms with van der Waals surface area (Å²) in [6, 6.07) is 10.3. The lowest BCUT2D eigenvalue weighted by molar-refractivity contribution is 0.295. The van der Waals surface area contributed by atoms with Gasteiger partial charge in [-0.2, -0.15) is 11.8 Å². The SMILES string of the molecule is CCCCSC(CO)C/C=C\c1ccccc1. The van der Waals surface area contributed by atoms with Gasteiger partial charge in [0.2, 0.25) is 0 Å². The molecule has 0 amide bonds. The van der Waals surface area contributed by atoms with E-state index in [2.05, 4.69) is 31.2 Å². The summed E-state index contributed by atoms with van der Waals surface area (Å²) in [6.07, 6.45) is 7.70. The number of aliphatic hydroxyl groups excluding tert-OH is 1. The van der Waals surface area contributed by atoms with Gasteiger partial charge in [0.25, 0.3) is 0 Å². The monoisotopic (exact) mass is 250 g/mol. The zero-order valence-corrected chi connectivity index (χ0v) is 11.3. The Bertz CT molecular complexity index is 308. The first kappa shape index (κ1) is 14.3. The van der Waals surface area contributed by atoms with E-state index in [1.165, 1.54) is 18.4 Å². The number of allylic oxidation sites excluding steroid dienone is 1. The van der Waals surface area contributed by atoms with E-state index in [-0.39, 0.29) is 6.61 Å². The Labute approximate surface area is 109 Å². The lowest BCUT2D eigenvalue weighted by atomic mass is 10.2. The molecule has 0 saturated heterocycles. The molecule has 1 atom stereocenters. The molecule has 0 bridgehead atoms. The third kappa shape index (κ3) is 6.54. The molecule has 1 unspecified atom stereocenters. The molecule has 0 aromatic heterocycles. The largest absolute Gasteiger partial charge is 0.395 e. The molecule has 1 nitrogen and oxygen atoms in total. The minimum atomic E-state index is 0.271. The second-order valence-electron chi connectivity index (χ2n) is 4.08. The van der Waals surface area contributed by atoms with Gasteiger partial charge in [-0.15, -0.1) is 0 Å². The van der Waals surface area contributed by atoms with E-state index in [1.54, 1.807) is 0 Å². The van der Waals surface area contributed by atoms with Crippen molar-refractivity contribution in [3.05, 3.63) is 42.0 Å². The van der Waals surface area contributed by atoms with Crippen molar-refractivity contribution in [2.75, 3.05) is 12.4 Å². The van der Waals surface area contributed by atoms with Gasteiger partial charge < -0.3 is 5.11 Å². The van der Waals surface area contributed by atoms with Crippen LogP contribution in [0.2, 0.25) is 0 Å². The molecule has 1 aromatic carbocycles. The highest BCUT2D eigenvalue weighted by Gasteiger charge is 2.04. The molecule has 1 aromatic rings. The Kier molecular flexibility index (Phi) is 7.85. The minimum Gasteiger partial charge on any atom is -0.395 e. The van der Waals surface area contributed by atoms with E-state index in [0.29, 0.717) is 5.25 Å². The average Bonchev–Trinajstić information content (AvgIpc) is 2.38. The molecule has 0 saturated carbocycles. The number of rotatable bonds is 8. The summed E-state index contributed by atoms with van der Waals surface area (Å²) in [5, 5.41) is 9.62. The summed E-state index contributed by atoms with van der Waals surface area (Å²) in [7, 11) is 0. The van der Waals surface area contributed by atoms with E-state index in [9.17, 15) is 5.11 Å². The molecule has 2 heteroatoms. The number of hydrogen-bond acceptors (Lipinski definition) is 2. The van der Waals surface area contributed by atoms with Gasteiger partial charge in [-0.25, -0.2) is 0 Å². The van der Waals surface area contributed by atoms with Crippen molar-refractivity contribution >= 4 is 17.8 Å². The fourth-order valence-corrected chi connectivity index (χ4v) is 2.65. The lowest BCUT2D eigenvalue weighted by Crippen LogP contribution is -2.07.